The van der Waals surface area contributed by atoms with E-state index in [0.717, 1.165) is 55.8 Å². The molecule has 0 saturated heterocycles. The van der Waals surface area contributed by atoms with Crippen LogP contribution in [0.4, 0.5) is 17.1 Å². The summed E-state index contributed by atoms with van der Waals surface area (Å²) in [4.78, 5) is 2.36. The number of benzene rings is 10. The molecule has 3 heteroatoms. The second-order valence-electron chi connectivity index (χ2n) is 15.3. The van der Waals surface area contributed by atoms with Gasteiger partial charge in [-0.05, 0) is 105 Å². The quantitative estimate of drug-likeness (QED) is 0.158. The molecule has 0 atom stereocenters. The van der Waals surface area contributed by atoms with Gasteiger partial charge in [-0.25, -0.2) is 0 Å². The van der Waals surface area contributed by atoms with E-state index in [1.54, 1.807) is 0 Å². The van der Waals surface area contributed by atoms with E-state index in [9.17, 15) is 0 Å². The second-order valence-corrected chi connectivity index (χ2v) is 15.3. The Bertz CT molecular complexity index is 3490. The molecule has 276 valence electrons. The number of hydrogen-bond acceptors (Lipinski definition) is 2. The van der Waals surface area contributed by atoms with Crippen molar-refractivity contribution in [3.63, 3.8) is 0 Å². The molecule has 0 aliphatic rings. The summed E-state index contributed by atoms with van der Waals surface area (Å²) >= 11 is 0. The Hall–Kier alpha value is -7.88. The number of aromatic nitrogens is 1. The maximum Gasteiger partial charge on any atom is 0.143 e. The smallest absolute Gasteiger partial charge is 0.143 e. The van der Waals surface area contributed by atoms with Crippen molar-refractivity contribution in [2.24, 2.45) is 0 Å². The fourth-order valence-electron chi connectivity index (χ4n) is 9.25. The molecule has 0 bridgehead atoms. The number of nitrogens with zero attached hydrogens (tertiary/aromatic N) is 2. The largest absolute Gasteiger partial charge is 0.455 e. The lowest BCUT2D eigenvalue weighted by Gasteiger charge is -2.26. The van der Waals surface area contributed by atoms with Crippen LogP contribution in [-0.2, 0) is 0 Å². The summed E-state index contributed by atoms with van der Waals surface area (Å²) in [6.45, 7) is 0. The summed E-state index contributed by atoms with van der Waals surface area (Å²) in [6, 6.07) is 78.6. The van der Waals surface area contributed by atoms with Crippen LogP contribution < -0.4 is 4.90 Å². The van der Waals surface area contributed by atoms with Crippen molar-refractivity contribution in [2.75, 3.05) is 4.90 Å². The van der Waals surface area contributed by atoms with Crippen LogP contribution in [0.5, 0.6) is 0 Å². The predicted molar refractivity (Wildman–Crippen MR) is 249 cm³/mol. The van der Waals surface area contributed by atoms with Crippen molar-refractivity contribution >= 4 is 82.4 Å². The highest BCUT2D eigenvalue weighted by atomic mass is 16.3. The van der Waals surface area contributed by atoms with Crippen LogP contribution in [0, 0.1) is 0 Å². The average molecular weight is 753 g/mol. The molecule has 10 aromatic carbocycles. The topological polar surface area (TPSA) is 21.3 Å². The summed E-state index contributed by atoms with van der Waals surface area (Å²) in [6.07, 6.45) is 0. The van der Waals surface area contributed by atoms with Crippen LogP contribution in [0.15, 0.2) is 223 Å². The number of anilines is 3. The van der Waals surface area contributed by atoms with Crippen molar-refractivity contribution in [2.45, 2.75) is 0 Å². The van der Waals surface area contributed by atoms with E-state index in [2.05, 4.69) is 222 Å². The second kappa shape index (κ2) is 13.4. The predicted octanol–water partition coefficient (Wildman–Crippen LogP) is 15.8. The molecule has 0 radical (unpaired) electrons. The molecule has 12 aromatic rings. The third kappa shape index (κ3) is 5.36. The zero-order valence-electron chi connectivity index (χ0n) is 32.1. The highest BCUT2D eigenvalue weighted by Crippen LogP contribution is 2.44. The van der Waals surface area contributed by atoms with E-state index in [4.69, 9.17) is 4.42 Å². The number of rotatable bonds is 6. The Labute approximate surface area is 341 Å². The Morgan fingerprint density at radius 2 is 0.932 bits per heavy atom. The zero-order valence-corrected chi connectivity index (χ0v) is 32.1. The molecule has 2 aromatic heterocycles. The lowest BCUT2D eigenvalue weighted by molar-refractivity contribution is 0.670. The monoisotopic (exact) mass is 752 g/mol. The van der Waals surface area contributed by atoms with E-state index in [-0.39, 0.29) is 0 Å². The minimum Gasteiger partial charge on any atom is -0.455 e. The molecule has 59 heavy (non-hydrogen) atoms. The van der Waals surface area contributed by atoms with E-state index in [1.807, 2.05) is 6.07 Å². The number of hydrogen-bond donors (Lipinski definition) is 0. The van der Waals surface area contributed by atoms with Crippen molar-refractivity contribution in [1.82, 2.24) is 4.57 Å². The van der Waals surface area contributed by atoms with Gasteiger partial charge in [-0.1, -0.05) is 152 Å². The van der Waals surface area contributed by atoms with Gasteiger partial charge in [-0.15, -0.1) is 0 Å². The van der Waals surface area contributed by atoms with Gasteiger partial charge in [-0.2, -0.15) is 0 Å². The average Bonchev–Trinajstić information content (AvgIpc) is 3.85. The van der Waals surface area contributed by atoms with Crippen LogP contribution in [0.3, 0.4) is 0 Å². The molecular formula is C56H36N2O. The fourth-order valence-corrected chi connectivity index (χ4v) is 9.25. The summed E-state index contributed by atoms with van der Waals surface area (Å²) in [7, 11) is 0. The Morgan fingerprint density at radius 1 is 0.339 bits per heavy atom. The standard InChI is InChI=1S/C56H36N2O/c1-2-14-40(15-3-1)57(41-30-25-38(26-31-41)45-20-12-21-46-44-16-5-4-13-37(44)29-34-47(45)46)43-35-51(56-52(36-43)50-19-8-11-24-55(50)59-56)39-27-32-42(33-28-39)58-53-22-9-6-17-48(53)49-18-7-10-23-54(49)58/h1-36H. The summed E-state index contributed by atoms with van der Waals surface area (Å²) in [5.74, 6) is 0. The molecule has 0 aliphatic carbocycles. The number of fused-ring (bicyclic) bond motifs is 9. The summed E-state index contributed by atoms with van der Waals surface area (Å²) < 4.78 is 9.07. The van der Waals surface area contributed by atoms with Gasteiger partial charge in [0.1, 0.15) is 11.2 Å². The van der Waals surface area contributed by atoms with Gasteiger partial charge < -0.3 is 13.9 Å². The molecular weight excluding hydrogens is 717 g/mol. The first kappa shape index (κ1) is 33.3. The molecule has 0 unspecified atom stereocenters. The molecule has 0 saturated carbocycles. The van der Waals surface area contributed by atoms with Gasteiger partial charge in [0.05, 0.1) is 11.0 Å². The van der Waals surface area contributed by atoms with Crippen LogP contribution in [0.25, 0.3) is 93.2 Å². The molecule has 0 N–H and O–H groups in total. The van der Waals surface area contributed by atoms with E-state index >= 15 is 0 Å². The van der Waals surface area contributed by atoms with Crippen LogP contribution in [-0.4, -0.2) is 4.57 Å². The lowest BCUT2D eigenvalue weighted by Crippen LogP contribution is -2.10. The van der Waals surface area contributed by atoms with Crippen molar-refractivity contribution in [1.29, 1.82) is 0 Å². The molecule has 0 spiro atoms. The van der Waals surface area contributed by atoms with E-state index in [0.29, 0.717) is 0 Å². The molecule has 2 heterocycles. The first-order valence-corrected chi connectivity index (χ1v) is 20.2. The molecule has 0 amide bonds. The van der Waals surface area contributed by atoms with Gasteiger partial charge in [0, 0.05) is 49.9 Å². The first-order valence-electron chi connectivity index (χ1n) is 20.2. The Balaban J connectivity index is 1.01. The van der Waals surface area contributed by atoms with Gasteiger partial charge in [0.25, 0.3) is 0 Å². The molecule has 0 aliphatic heterocycles. The Kier molecular flexibility index (Phi) is 7.54. The van der Waals surface area contributed by atoms with E-state index in [1.165, 1.54) is 54.5 Å². The highest BCUT2D eigenvalue weighted by Gasteiger charge is 2.20. The SMILES string of the molecule is c1ccc(N(c2ccc(-c3cccc4c3ccc3ccccc34)cc2)c2cc(-c3ccc(-n4c5ccccc5c5ccccc54)cc3)c3oc4ccccc4c3c2)cc1. The van der Waals surface area contributed by atoms with Crippen molar-refractivity contribution in [3.05, 3.63) is 218 Å². The van der Waals surface area contributed by atoms with Crippen molar-refractivity contribution in [3.8, 4) is 27.9 Å². The van der Waals surface area contributed by atoms with Crippen LogP contribution in [0.1, 0.15) is 0 Å². The van der Waals surface area contributed by atoms with Crippen LogP contribution >= 0.6 is 0 Å². The molecule has 12 rings (SSSR count). The molecule has 3 nitrogen and oxygen atoms in total. The number of furan rings is 1. The fraction of sp³-hybridized carbons (Fsp3) is 0. The van der Waals surface area contributed by atoms with E-state index < -0.39 is 0 Å². The zero-order chi connectivity index (χ0) is 38.9. The van der Waals surface area contributed by atoms with Gasteiger partial charge in [0.2, 0.25) is 0 Å². The van der Waals surface area contributed by atoms with Crippen molar-refractivity contribution < 1.29 is 4.42 Å². The third-order valence-electron chi connectivity index (χ3n) is 12.0. The summed E-state index contributed by atoms with van der Waals surface area (Å²) in [5, 5.41) is 9.74. The van der Waals surface area contributed by atoms with Gasteiger partial charge >= 0.3 is 0 Å². The lowest BCUT2D eigenvalue weighted by atomic mass is 9.94. The maximum atomic E-state index is 6.70. The van der Waals surface area contributed by atoms with Gasteiger partial charge in [0.15, 0.2) is 0 Å². The van der Waals surface area contributed by atoms with Crippen LogP contribution in [0.2, 0.25) is 0 Å². The first-order chi connectivity index (χ1) is 29.3. The minimum absolute atomic E-state index is 0.876. The highest BCUT2D eigenvalue weighted by molar-refractivity contribution is 6.14. The minimum atomic E-state index is 0.876. The molecule has 0 fully saturated rings. The van der Waals surface area contributed by atoms with Gasteiger partial charge in [-0.3, -0.25) is 0 Å². The third-order valence-corrected chi connectivity index (χ3v) is 12.0. The summed E-state index contributed by atoms with van der Waals surface area (Å²) in [5.41, 5.74) is 13.0. The maximum absolute atomic E-state index is 6.70. The number of para-hydroxylation sites is 4. The Morgan fingerprint density at radius 3 is 1.69 bits per heavy atom. The normalized spacial score (nSPS) is 11.7.